The van der Waals surface area contributed by atoms with Gasteiger partial charge >= 0.3 is 6.03 Å². The number of fused-ring (bicyclic) bond motifs is 1. The zero-order chi connectivity index (χ0) is 24.6. The predicted octanol–water partition coefficient (Wildman–Crippen LogP) is 5.80. The van der Waals surface area contributed by atoms with Crippen molar-refractivity contribution in [1.29, 1.82) is 0 Å². The number of hydrogen-bond donors (Lipinski definition) is 2. The van der Waals surface area contributed by atoms with Crippen molar-refractivity contribution in [3.63, 3.8) is 0 Å². The fourth-order valence-corrected chi connectivity index (χ4v) is 4.11. The molecule has 2 amide bonds. The van der Waals surface area contributed by atoms with E-state index >= 15 is 0 Å². The summed E-state index contributed by atoms with van der Waals surface area (Å²) in [5, 5.41) is 6.88. The van der Waals surface area contributed by atoms with Crippen molar-refractivity contribution in [3.8, 4) is 17.2 Å². The van der Waals surface area contributed by atoms with Gasteiger partial charge in [0, 0.05) is 29.8 Å². The van der Waals surface area contributed by atoms with Gasteiger partial charge in [0.25, 0.3) is 0 Å². The number of benzene rings is 2. The molecule has 2 fully saturated rings. The Kier molecular flexibility index (Phi) is 6.44. The second-order valence-corrected chi connectivity index (χ2v) is 9.73. The van der Waals surface area contributed by atoms with Crippen molar-refractivity contribution in [2.75, 3.05) is 18.5 Å². The third-order valence-electron chi connectivity index (χ3n) is 5.82. The first-order chi connectivity index (χ1) is 16.8. The number of urea groups is 1. The van der Waals surface area contributed by atoms with Crippen molar-refractivity contribution >= 4 is 34.2 Å². The third kappa shape index (κ3) is 5.78. The number of anilines is 1. The topological polar surface area (TPSA) is 90.9 Å². The van der Waals surface area contributed by atoms with Crippen LogP contribution in [0, 0.1) is 6.92 Å². The van der Waals surface area contributed by atoms with Gasteiger partial charge < -0.3 is 29.6 Å². The van der Waals surface area contributed by atoms with Gasteiger partial charge in [-0.3, -0.25) is 4.98 Å². The largest absolute Gasteiger partial charge is 0.490 e. The van der Waals surface area contributed by atoms with Gasteiger partial charge in [0.1, 0.15) is 30.0 Å². The second-order valence-electron chi connectivity index (χ2n) is 9.32. The number of nitrogens with zero attached hydrogens (tertiary/aromatic N) is 1. The molecular weight excluding hydrogens is 470 g/mol. The minimum atomic E-state index is -0.583. The standard InChI is InChI=1S/C26H28ClN3O5/c1-15-10-19-22(12-24(15)32-13-18-14-33-26(2,3)35-18)28-9-8-23(19)34-17-6-7-21(20(27)11-17)30-25(31)29-16-4-5-16/h6-12,16,18H,4-5,13-14H2,1-3H3,(H2,29,30,31)/t18-/m0/s1. The second kappa shape index (κ2) is 9.53. The van der Waals surface area contributed by atoms with E-state index in [1.807, 2.05) is 32.9 Å². The highest BCUT2D eigenvalue weighted by Crippen LogP contribution is 2.35. The summed E-state index contributed by atoms with van der Waals surface area (Å²) >= 11 is 6.39. The number of aromatic nitrogens is 1. The van der Waals surface area contributed by atoms with Crippen LogP contribution in [0.25, 0.3) is 10.9 Å². The summed E-state index contributed by atoms with van der Waals surface area (Å²) in [7, 11) is 0. The van der Waals surface area contributed by atoms with E-state index in [0.29, 0.717) is 35.4 Å². The molecule has 8 nitrogen and oxygen atoms in total. The Labute approximate surface area is 208 Å². The average molecular weight is 498 g/mol. The molecule has 2 N–H and O–H groups in total. The molecular formula is C26H28ClN3O5. The van der Waals surface area contributed by atoms with Crippen molar-refractivity contribution in [2.45, 2.75) is 51.5 Å². The van der Waals surface area contributed by atoms with Crippen molar-refractivity contribution in [3.05, 3.63) is 53.2 Å². The van der Waals surface area contributed by atoms with Crippen molar-refractivity contribution in [2.24, 2.45) is 0 Å². The Morgan fingerprint density at radius 1 is 1.20 bits per heavy atom. The number of amides is 2. The molecule has 1 aromatic heterocycles. The van der Waals surface area contributed by atoms with E-state index in [4.69, 9.17) is 30.5 Å². The average Bonchev–Trinajstić information content (AvgIpc) is 3.54. The normalized spacial score (nSPS) is 18.9. The van der Waals surface area contributed by atoms with Crippen LogP contribution in [0.3, 0.4) is 0 Å². The molecule has 0 radical (unpaired) electrons. The molecule has 1 aliphatic carbocycles. The molecule has 2 aliphatic rings. The Balaban J connectivity index is 1.29. The molecule has 1 atom stereocenters. The molecule has 0 bridgehead atoms. The van der Waals surface area contributed by atoms with Gasteiger partial charge in [-0.2, -0.15) is 0 Å². The summed E-state index contributed by atoms with van der Waals surface area (Å²) in [5.74, 6) is 1.34. The summed E-state index contributed by atoms with van der Waals surface area (Å²) in [6.07, 6.45) is 3.60. The summed E-state index contributed by atoms with van der Waals surface area (Å²) in [4.78, 5) is 16.5. The van der Waals surface area contributed by atoms with E-state index in [0.717, 1.165) is 35.1 Å². The van der Waals surface area contributed by atoms with Crippen LogP contribution in [0.1, 0.15) is 32.3 Å². The molecule has 2 aromatic carbocycles. The highest BCUT2D eigenvalue weighted by atomic mass is 35.5. The van der Waals surface area contributed by atoms with Gasteiger partial charge in [0.2, 0.25) is 0 Å². The molecule has 5 rings (SSSR count). The number of nitrogens with one attached hydrogen (secondary N) is 2. The van der Waals surface area contributed by atoms with Crippen LogP contribution in [0.4, 0.5) is 10.5 Å². The van der Waals surface area contributed by atoms with E-state index in [2.05, 4.69) is 15.6 Å². The number of hydrogen-bond acceptors (Lipinski definition) is 6. The molecule has 9 heteroatoms. The first-order valence-corrected chi connectivity index (χ1v) is 12.0. The first kappa shape index (κ1) is 23.7. The summed E-state index contributed by atoms with van der Waals surface area (Å²) in [6.45, 7) is 6.65. The molecule has 3 aromatic rings. The lowest BCUT2D eigenvalue weighted by Crippen LogP contribution is -2.30. The van der Waals surface area contributed by atoms with Crippen LogP contribution in [-0.2, 0) is 9.47 Å². The molecule has 0 unspecified atom stereocenters. The monoisotopic (exact) mass is 497 g/mol. The van der Waals surface area contributed by atoms with Gasteiger partial charge in [0.05, 0.1) is 22.8 Å². The minimum absolute atomic E-state index is 0.121. The van der Waals surface area contributed by atoms with Gasteiger partial charge in [-0.05, 0) is 63.4 Å². The maximum Gasteiger partial charge on any atom is 0.319 e. The lowest BCUT2D eigenvalue weighted by Gasteiger charge is -2.18. The Morgan fingerprint density at radius 2 is 2.03 bits per heavy atom. The maximum atomic E-state index is 12.0. The highest BCUT2D eigenvalue weighted by Gasteiger charge is 2.33. The van der Waals surface area contributed by atoms with Crippen molar-refractivity contribution < 1.29 is 23.7 Å². The molecule has 1 saturated carbocycles. The fraction of sp³-hybridized carbons (Fsp3) is 0.385. The zero-order valence-corrected chi connectivity index (χ0v) is 20.6. The molecule has 184 valence electrons. The van der Waals surface area contributed by atoms with E-state index < -0.39 is 5.79 Å². The van der Waals surface area contributed by atoms with E-state index in [9.17, 15) is 4.79 Å². The van der Waals surface area contributed by atoms with Crippen LogP contribution in [0.15, 0.2) is 42.6 Å². The predicted molar refractivity (Wildman–Crippen MR) is 134 cm³/mol. The number of aryl methyl sites for hydroxylation is 1. The number of rotatable bonds is 7. The Bertz CT molecular complexity index is 1260. The molecule has 35 heavy (non-hydrogen) atoms. The van der Waals surface area contributed by atoms with Gasteiger partial charge in [0.15, 0.2) is 5.79 Å². The lowest BCUT2D eigenvalue weighted by molar-refractivity contribution is -0.141. The fourth-order valence-electron chi connectivity index (χ4n) is 3.89. The molecule has 1 saturated heterocycles. The number of carbonyl (C=O) groups excluding carboxylic acids is 1. The number of carbonyl (C=O) groups is 1. The molecule has 0 spiro atoms. The van der Waals surface area contributed by atoms with Crippen LogP contribution < -0.4 is 20.1 Å². The maximum absolute atomic E-state index is 12.0. The van der Waals surface area contributed by atoms with Crippen LogP contribution >= 0.6 is 11.6 Å². The number of pyridine rings is 1. The molecule has 2 heterocycles. The van der Waals surface area contributed by atoms with Crippen molar-refractivity contribution in [1.82, 2.24) is 10.3 Å². The van der Waals surface area contributed by atoms with E-state index in [1.54, 1.807) is 30.5 Å². The van der Waals surface area contributed by atoms with E-state index in [1.165, 1.54) is 0 Å². The first-order valence-electron chi connectivity index (χ1n) is 11.6. The SMILES string of the molecule is Cc1cc2c(Oc3ccc(NC(=O)NC4CC4)c(Cl)c3)ccnc2cc1OC[C@H]1COC(C)(C)O1. The van der Waals surface area contributed by atoms with Crippen LogP contribution in [-0.4, -0.2) is 42.2 Å². The van der Waals surface area contributed by atoms with Gasteiger partial charge in [-0.25, -0.2) is 4.79 Å². The summed E-state index contributed by atoms with van der Waals surface area (Å²) < 4.78 is 23.6. The number of ether oxygens (including phenoxy) is 4. The van der Waals surface area contributed by atoms with Gasteiger partial charge in [-0.1, -0.05) is 11.6 Å². The molecule has 1 aliphatic heterocycles. The summed E-state index contributed by atoms with van der Waals surface area (Å²) in [5.41, 5.74) is 2.22. The number of halogens is 1. The Hall–Kier alpha value is -3.07. The van der Waals surface area contributed by atoms with Crippen LogP contribution in [0.5, 0.6) is 17.2 Å². The zero-order valence-electron chi connectivity index (χ0n) is 19.9. The minimum Gasteiger partial charge on any atom is -0.490 e. The summed E-state index contributed by atoms with van der Waals surface area (Å²) in [6, 6.07) is 10.9. The Morgan fingerprint density at radius 3 is 2.74 bits per heavy atom. The van der Waals surface area contributed by atoms with E-state index in [-0.39, 0.29) is 18.2 Å². The quantitative estimate of drug-likeness (QED) is 0.428. The lowest BCUT2D eigenvalue weighted by atomic mass is 10.1. The van der Waals surface area contributed by atoms with Crippen LogP contribution in [0.2, 0.25) is 5.02 Å². The van der Waals surface area contributed by atoms with Gasteiger partial charge in [-0.15, -0.1) is 0 Å². The highest BCUT2D eigenvalue weighted by molar-refractivity contribution is 6.33. The smallest absolute Gasteiger partial charge is 0.319 e. The third-order valence-corrected chi connectivity index (χ3v) is 6.13.